The summed E-state index contributed by atoms with van der Waals surface area (Å²) >= 11 is 6.67. The minimum Gasteiger partial charge on any atom is -0.462 e. The molecule has 6 rings (SSSR count). The van der Waals surface area contributed by atoms with Crippen LogP contribution in [0.1, 0.15) is 30.5 Å². The van der Waals surface area contributed by atoms with Crippen molar-refractivity contribution in [3.8, 4) is 6.01 Å². The quantitative estimate of drug-likeness (QED) is 0.539. The van der Waals surface area contributed by atoms with Gasteiger partial charge in [0.25, 0.3) is 0 Å². The minimum absolute atomic E-state index is 0.430. The summed E-state index contributed by atoms with van der Waals surface area (Å²) in [5, 5.41) is 6.55. The number of aromatic nitrogens is 2. The van der Waals surface area contributed by atoms with Crippen LogP contribution < -0.4 is 19.9 Å². The van der Waals surface area contributed by atoms with Crippen molar-refractivity contribution in [2.75, 3.05) is 56.7 Å². The molecular formula is C28H35ClN6O. The third-order valence-electron chi connectivity index (χ3n) is 8.19. The van der Waals surface area contributed by atoms with E-state index in [2.05, 4.69) is 58.4 Å². The van der Waals surface area contributed by atoms with Gasteiger partial charge in [-0.15, -0.1) is 0 Å². The number of likely N-dealkylation sites (tertiary alicyclic amines) is 1. The predicted molar refractivity (Wildman–Crippen MR) is 147 cm³/mol. The van der Waals surface area contributed by atoms with E-state index in [-0.39, 0.29) is 0 Å². The molecule has 1 unspecified atom stereocenters. The first-order valence-electron chi connectivity index (χ1n) is 13.2. The highest BCUT2D eigenvalue weighted by Crippen LogP contribution is 2.37. The van der Waals surface area contributed by atoms with Gasteiger partial charge in [-0.05, 0) is 63.3 Å². The van der Waals surface area contributed by atoms with Crippen LogP contribution in [0.5, 0.6) is 6.01 Å². The van der Waals surface area contributed by atoms with Crippen molar-refractivity contribution in [2.45, 2.75) is 44.3 Å². The van der Waals surface area contributed by atoms with Gasteiger partial charge in [0.15, 0.2) is 0 Å². The van der Waals surface area contributed by atoms with E-state index in [0.717, 1.165) is 78.4 Å². The molecule has 190 valence electrons. The number of ether oxygens (including phenoxy) is 1. The molecule has 4 heterocycles. The molecule has 7 nitrogen and oxygen atoms in total. The van der Waals surface area contributed by atoms with E-state index in [1.165, 1.54) is 12.0 Å². The molecule has 8 heteroatoms. The van der Waals surface area contributed by atoms with Crippen LogP contribution in [0.3, 0.4) is 0 Å². The Labute approximate surface area is 218 Å². The summed E-state index contributed by atoms with van der Waals surface area (Å²) in [7, 11) is 4.35. The number of anilines is 2. The summed E-state index contributed by atoms with van der Waals surface area (Å²) in [6, 6.07) is 13.9. The summed E-state index contributed by atoms with van der Waals surface area (Å²) in [5.74, 6) is 1.03. The Balaban J connectivity index is 1.34. The van der Waals surface area contributed by atoms with Crippen molar-refractivity contribution in [1.82, 2.24) is 20.2 Å². The van der Waals surface area contributed by atoms with Crippen LogP contribution in [-0.4, -0.2) is 73.8 Å². The molecule has 0 spiro atoms. The summed E-state index contributed by atoms with van der Waals surface area (Å²) in [6.45, 7) is 5.41. The topological polar surface area (TPSA) is 56.8 Å². The maximum absolute atomic E-state index is 6.67. The molecule has 1 N–H and O–H groups in total. The van der Waals surface area contributed by atoms with Crippen LogP contribution in [-0.2, 0) is 13.0 Å². The maximum Gasteiger partial charge on any atom is 0.318 e. The van der Waals surface area contributed by atoms with Crippen molar-refractivity contribution in [2.24, 2.45) is 0 Å². The lowest BCUT2D eigenvalue weighted by atomic mass is 10.0. The molecule has 0 amide bonds. The fourth-order valence-corrected chi connectivity index (χ4v) is 6.27. The Hall–Kier alpha value is -2.61. The molecule has 2 aromatic carbocycles. The van der Waals surface area contributed by atoms with Gasteiger partial charge >= 0.3 is 6.01 Å². The second-order valence-corrected chi connectivity index (χ2v) is 10.8. The molecule has 36 heavy (non-hydrogen) atoms. The Morgan fingerprint density at radius 1 is 1.14 bits per heavy atom. The van der Waals surface area contributed by atoms with Crippen LogP contribution in [0.25, 0.3) is 10.8 Å². The number of likely N-dealkylation sites (N-methyl/N-ethyl adjacent to an activating group) is 2. The second-order valence-electron chi connectivity index (χ2n) is 10.4. The normalized spacial score (nSPS) is 22.2. The van der Waals surface area contributed by atoms with Gasteiger partial charge < -0.3 is 24.8 Å². The summed E-state index contributed by atoms with van der Waals surface area (Å²) in [5.41, 5.74) is 3.47. The number of rotatable bonds is 6. The van der Waals surface area contributed by atoms with E-state index in [1.54, 1.807) is 0 Å². The Morgan fingerprint density at radius 2 is 2.00 bits per heavy atom. The number of fused-ring (bicyclic) bond motifs is 2. The van der Waals surface area contributed by atoms with Crippen molar-refractivity contribution in [3.05, 3.63) is 52.7 Å². The molecule has 2 fully saturated rings. The lowest BCUT2D eigenvalue weighted by Gasteiger charge is -2.34. The van der Waals surface area contributed by atoms with Gasteiger partial charge in [-0.3, -0.25) is 0 Å². The molecule has 2 atom stereocenters. The van der Waals surface area contributed by atoms with Crippen LogP contribution >= 0.6 is 11.6 Å². The lowest BCUT2D eigenvalue weighted by Crippen LogP contribution is -2.38. The lowest BCUT2D eigenvalue weighted by molar-refractivity contribution is 0.187. The molecule has 3 aliphatic heterocycles. The van der Waals surface area contributed by atoms with E-state index in [4.69, 9.17) is 26.3 Å². The first-order valence-corrected chi connectivity index (χ1v) is 13.5. The average molecular weight is 507 g/mol. The third-order valence-corrected chi connectivity index (χ3v) is 8.50. The van der Waals surface area contributed by atoms with Crippen LogP contribution in [0, 0.1) is 0 Å². The van der Waals surface area contributed by atoms with Gasteiger partial charge in [-0.2, -0.15) is 9.97 Å². The van der Waals surface area contributed by atoms with E-state index in [9.17, 15) is 0 Å². The third kappa shape index (κ3) is 4.49. The molecule has 0 saturated carbocycles. The monoisotopic (exact) mass is 506 g/mol. The summed E-state index contributed by atoms with van der Waals surface area (Å²) < 4.78 is 6.26. The van der Waals surface area contributed by atoms with Crippen molar-refractivity contribution in [1.29, 1.82) is 0 Å². The van der Waals surface area contributed by atoms with Crippen LogP contribution in [0.4, 0.5) is 11.5 Å². The maximum atomic E-state index is 6.67. The fraction of sp³-hybridized carbons (Fsp3) is 0.500. The highest BCUT2D eigenvalue weighted by Gasteiger charge is 2.30. The van der Waals surface area contributed by atoms with E-state index in [1.807, 2.05) is 12.1 Å². The zero-order valence-electron chi connectivity index (χ0n) is 21.2. The highest BCUT2D eigenvalue weighted by atomic mass is 35.5. The number of hydrogen-bond acceptors (Lipinski definition) is 7. The van der Waals surface area contributed by atoms with Gasteiger partial charge in [0.1, 0.15) is 12.4 Å². The van der Waals surface area contributed by atoms with Gasteiger partial charge in [0.05, 0.1) is 17.3 Å². The molecule has 3 aromatic rings. The highest BCUT2D eigenvalue weighted by molar-refractivity contribution is 6.36. The first-order chi connectivity index (χ1) is 17.6. The van der Waals surface area contributed by atoms with Gasteiger partial charge in [-0.1, -0.05) is 35.9 Å². The molecule has 0 bridgehead atoms. The number of nitrogens with one attached hydrogen (secondary N) is 1. The van der Waals surface area contributed by atoms with Crippen LogP contribution in [0.15, 0.2) is 36.4 Å². The number of nitrogens with zero attached hydrogens (tertiary/aromatic N) is 5. The fourth-order valence-electron chi connectivity index (χ4n) is 5.99. The number of benzene rings is 2. The predicted octanol–water partition coefficient (Wildman–Crippen LogP) is 4.12. The van der Waals surface area contributed by atoms with Gasteiger partial charge in [-0.25, -0.2) is 0 Å². The molecule has 1 aromatic heterocycles. The van der Waals surface area contributed by atoms with Crippen molar-refractivity contribution < 1.29 is 4.74 Å². The number of hydrogen-bond donors (Lipinski definition) is 1. The van der Waals surface area contributed by atoms with Gasteiger partial charge in [0.2, 0.25) is 0 Å². The Kier molecular flexibility index (Phi) is 6.63. The van der Waals surface area contributed by atoms with Gasteiger partial charge in [0, 0.05) is 48.9 Å². The smallest absolute Gasteiger partial charge is 0.318 e. The van der Waals surface area contributed by atoms with Crippen molar-refractivity contribution >= 4 is 33.9 Å². The zero-order chi connectivity index (χ0) is 24.6. The summed E-state index contributed by atoms with van der Waals surface area (Å²) in [4.78, 5) is 17.1. The number of halogens is 1. The largest absolute Gasteiger partial charge is 0.462 e. The standard InChI is InChI=1S/C28H35ClN6O/c1-33-14-5-8-21(33)18-36-28-31-24-17-35(25-10-4-7-19-6-3-9-23(29)26(19)25)15-12-22(24)27(32-28)34(2)20-11-13-30-16-20/h3-4,6-7,9-10,20-21,30H,5,8,11-18H2,1-2H3/t20?,21-/m0/s1. The van der Waals surface area contributed by atoms with E-state index < -0.39 is 0 Å². The molecule has 3 aliphatic rings. The zero-order valence-corrected chi connectivity index (χ0v) is 22.0. The van der Waals surface area contributed by atoms with Crippen molar-refractivity contribution in [3.63, 3.8) is 0 Å². The van der Waals surface area contributed by atoms with E-state index >= 15 is 0 Å². The summed E-state index contributed by atoms with van der Waals surface area (Å²) in [6.07, 6.45) is 4.40. The molecule has 0 radical (unpaired) electrons. The van der Waals surface area contributed by atoms with E-state index in [0.29, 0.717) is 31.2 Å². The minimum atomic E-state index is 0.430. The molecule has 0 aliphatic carbocycles. The Morgan fingerprint density at radius 3 is 2.78 bits per heavy atom. The van der Waals surface area contributed by atoms with Crippen LogP contribution in [0.2, 0.25) is 5.02 Å². The first kappa shape index (κ1) is 23.8. The SMILES string of the molecule is CN(c1nc(OC[C@@H]2CCCN2C)nc2c1CCN(c1cccc3cccc(Cl)c13)C2)C1CCNC1. The Bertz CT molecular complexity index is 1240. The second kappa shape index (κ2) is 10.0. The molecule has 2 saturated heterocycles. The molecular weight excluding hydrogens is 472 g/mol. The average Bonchev–Trinajstić information content (AvgIpc) is 3.58.